The van der Waals surface area contributed by atoms with Crippen LogP contribution >= 0.6 is 15.9 Å². The third kappa shape index (κ3) is 0.861. The Kier molecular flexibility index (Phi) is 1.44. The van der Waals surface area contributed by atoms with Gasteiger partial charge in [0.15, 0.2) is 0 Å². The van der Waals surface area contributed by atoms with Crippen LogP contribution in [0.5, 0.6) is 0 Å². The van der Waals surface area contributed by atoms with Crippen molar-refractivity contribution in [3.63, 3.8) is 0 Å². The van der Waals surface area contributed by atoms with Crippen LogP contribution in [-0.4, -0.2) is 10.9 Å². The van der Waals surface area contributed by atoms with Crippen LogP contribution in [-0.2, 0) is 0 Å². The van der Waals surface area contributed by atoms with Crippen molar-refractivity contribution < 1.29 is 4.79 Å². The Morgan fingerprint density at radius 1 is 1.29 bits per heavy atom. The predicted octanol–water partition coefficient (Wildman–Crippen LogP) is 2.56. The number of nitrogens with zero attached hydrogens (tertiary/aromatic N) is 1. The molecular weight excluding hydrogens is 244 g/mol. The van der Waals surface area contributed by atoms with Gasteiger partial charge in [-0.1, -0.05) is 15.9 Å². The first-order valence-electron chi connectivity index (χ1n) is 4.15. The molecule has 0 saturated heterocycles. The molecule has 0 spiro atoms. The monoisotopic (exact) mass is 248 g/mol. The molecular formula is C10H5BrN2O. The van der Waals surface area contributed by atoms with Gasteiger partial charge >= 0.3 is 0 Å². The Hall–Kier alpha value is -1.42. The zero-order valence-corrected chi connectivity index (χ0v) is 8.63. The zero-order chi connectivity index (χ0) is 9.71. The third-order valence-electron chi connectivity index (χ3n) is 2.36. The number of halogens is 1. The molecule has 0 saturated carbocycles. The first-order chi connectivity index (χ1) is 6.77. The maximum Gasteiger partial charge on any atom is 0.256 e. The Balaban J connectivity index is 2.59. The molecule has 1 amide bonds. The van der Waals surface area contributed by atoms with Crippen molar-refractivity contribution in [1.82, 2.24) is 4.98 Å². The number of rotatable bonds is 0. The Bertz CT molecular complexity index is 565. The molecule has 2 heterocycles. The molecule has 0 radical (unpaired) electrons. The molecule has 1 aliphatic rings. The molecule has 3 nitrogen and oxygen atoms in total. The molecule has 0 fully saturated rings. The van der Waals surface area contributed by atoms with E-state index in [9.17, 15) is 4.79 Å². The summed E-state index contributed by atoms with van der Waals surface area (Å²) in [6, 6.07) is 3.69. The van der Waals surface area contributed by atoms with E-state index in [1.807, 2.05) is 12.1 Å². The molecule has 1 N–H and O–H groups in total. The van der Waals surface area contributed by atoms with E-state index in [1.165, 1.54) is 0 Å². The van der Waals surface area contributed by atoms with E-state index in [1.54, 1.807) is 12.4 Å². The van der Waals surface area contributed by atoms with Gasteiger partial charge in [-0.25, -0.2) is 0 Å². The second-order valence-electron chi connectivity index (χ2n) is 3.16. The standard InChI is InChI=1S/C10H5BrN2O/c11-7-2-1-5-9-6(7)3-12-4-8(9)13-10(5)14/h1-4H,(H,13,14). The fourth-order valence-electron chi connectivity index (χ4n) is 1.74. The highest BCUT2D eigenvalue weighted by molar-refractivity contribution is 9.10. The van der Waals surface area contributed by atoms with Crippen molar-refractivity contribution in [3.8, 4) is 0 Å². The number of pyridine rings is 1. The van der Waals surface area contributed by atoms with Crippen molar-refractivity contribution in [3.05, 3.63) is 34.6 Å². The molecule has 1 aliphatic heterocycles. The molecule has 0 atom stereocenters. The predicted molar refractivity (Wildman–Crippen MR) is 57.4 cm³/mol. The second-order valence-corrected chi connectivity index (χ2v) is 4.01. The van der Waals surface area contributed by atoms with E-state index in [0.717, 1.165) is 26.5 Å². The average Bonchev–Trinajstić information content (AvgIpc) is 2.50. The lowest BCUT2D eigenvalue weighted by Gasteiger charge is -2.00. The fraction of sp³-hybridized carbons (Fsp3) is 0. The summed E-state index contributed by atoms with van der Waals surface area (Å²) in [6.07, 6.45) is 3.43. The van der Waals surface area contributed by atoms with E-state index in [0.29, 0.717) is 0 Å². The summed E-state index contributed by atoms with van der Waals surface area (Å²) in [5, 5.41) is 4.70. The quantitative estimate of drug-likeness (QED) is 0.779. The first kappa shape index (κ1) is 7.94. The average molecular weight is 249 g/mol. The molecule has 68 valence electrons. The minimum atomic E-state index is -0.0505. The largest absolute Gasteiger partial charge is 0.320 e. The highest BCUT2D eigenvalue weighted by Gasteiger charge is 2.21. The van der Waals surface area contributed by atoms with Gasteiger partial charge in [0.2, 0.25) is 0 Å². The topological polar surface area (TPSA) is 42.0 Å². The van der Waals surface area contributed by atoms with Crippen LogP contribution in [0.2, 0.25) is 0 Å². The summed E-state index contributed by atoms with van der Waals surface area (Å²) < 4.78 is 0.960. The summed E-state index contributed by atoms with van der Waals surface area (Å²) >= 11 is 3.43. The Labute approximate surface area is 88.3 Å². The highest BCUT2D eigenvalue weighted by atomic mass is 79.9. The molecule has 1 aromatic heterocycles. The minimum absolute atomic E-state index is 0.0505. The number of carbonyl (C=O) groups is 1. The second kappa shape index (κ2) is 2.54. The number of nitrogens with one attached hydrogen (secondary N) is 1. The lowest BCUT2D eigenvalue weighted by atomic mass is 10.1. The van der Waals surface area contributed by atoms with Crippen molar-refractivity contribution in [1.29, 1.82) is 0 Å². The number of anilines is 1. The SMILES string of the molecule is O=C1Nc2cncc3c(Br)ccc1c23. The van der Waals surface area contributed by atoms with Crippen LogP contribution < -0.4 is 5.32 Å². The van der Waals surface area contributed by atoms with E-state index < -0.39 is 0 Å². The smallest absolute Gasteiger partial charge is 0.256 e. The molecule has 4 heteroatoms. The van der Waals surface area contributed by atoms with Crippen LogP contribution in [0.15, 0.2) is 29.0 Å². The maximum absolute atomic E-state index is 11.5. The van der Waals surface area contributed by atoms with Crippen molar-refractivity contribution in [2.75, 3.05) is 5.32 Å². The number of carbonyl (C=O) groups excluding carboxylic acids is 1. The fourth-order valence-corrected chi connectivity index (χ4v) is 2.17. The van der Waals surface area contributed by atoms with Gasteiger partial charge in [-0.15, -0.1) is 0 Å². The van der Waals surface area contributed by atoms with Gasteiger partial charge in [-0.3, -0.25) is 9.78 Å². The van der Waals surface area contributed by atoms with E-state index >= 15 is 0 Å². The minimum Gasteiger partial charge on any atom is -0.320 e. The summed E-state index contributed by atoms with van der Waals surface area (Å²) in [4.78, 5) is 15.6. The number of amides is 1. The number of hydrogen-bond donors (Lipinski definition) is 1. The molecule has 1 aromatic carbocycles. The summed E-state index contributed by atoms with van der Waals surface area (Å²) in [7, 11) is 0. The zero-order valence-electron chi connectivity index (χ0n) is 7.04. The lowest BCUT2D eigenvalue weighted by molar-refractivity contribution is 0.103. The molecule has 14 heavy (non-hydrogen) atoms. The van der Waals surface area contributed by atoms with Crippen LogP contribution in [0.25, 0.3) is 10.8 Å². The van der Waals surface area contributed by atoms with Crippen LogP contribution in [0.1, 0.15) is 10.4 Å². The lowest BCUT2D eigenvalue weighted by Crippen LogP contribution is -2.03. The van der Waals surface area contributed by atoms with E-state index in [-0.39, 0.29) is 5.91 Å². The molecule has 2 aromatic rings. The van der Waals surface area contributed by atoms with Gasteiger partial charge in [-0.2, -0.15) is 0 Å². The Morgan fingerprint density at radius 3 is 3.00 bits per heavy atom. The van der Waals surface area contributed by atoms with Crippen molar-refractivity contribution >= 4 is 38.3 Å². The van der Waals surface area contributed by atoms with Crippen LogP contribution in [0, 0.1) is 0 Å². The van der Waals surface area contributed by atoms with Crippen molar-refractivity contribution in [2.45, 2.75) is 0 Å². The molecule has 0 bridgehead atoms. The third-order valence-corrected chi connectivity index (χ3v) is 3.05. The highest BCUT2D eigenvalue weighted by Crippen LogP contribution is 2.35. The van der Waals surface area contributed by atoms with Gasteiger partial charge in [0, 0.05) is 27.0 Å². The van der Waals surface area contributed by atoms with E-state index in [2.05, 4.69) is 26.2 Å². The molecule has 0 aliphatic carbocycles. The van der Waals surface area contributed by atoms with Gasteiger partial charge in [0.05, 0.1) is 11.9 Å². The summed E-state index contributed by atoms with van der Waals surface area (Å²) in [6.45, 7) is 0. The normalized spacial score (nSPS) is 13.4. The van der Waals surface area contributed by atoms with E-state index in [4.69, 9.17) is 0 Å². The maximum atomic E-state index is 11.5. The van der Waals surface area contributed by atoms with Crippen LogP contribution in [0.4, 0.5) is 5.69 Å². The first-order valence-corrected chi connectivity index (χ1v) is 4.94. The number of benzene rings is 1. The number of hydrogen-bond acceptors (Lipinski definition) is 2. The van der Waals surface area contributed by atoms with Crippen LogP contribution in [0.3, 0.4) is 0 Å². The van der Waals surface area contributed by atoms with Gasteiger partial charge in [0.25, 0.3) is 5.91 Å². The molecule has 0 unspecified atom stereocenters. The van der Waals surface area contributed by atoms with Gasteiger partial charge in [0.1, 0.15) is 0 Å². The van der Waals surface area contributed by atoms with Crippen molar-refractivity contribution in [2.24, 2.45) is 0 Å². The molecule has 3 rings (SSSR count). The number of aromatic nitrogens is 1. The van der Waals surface area contributed by atoms with Gasteiger partial charge < -0.3 is 5.32 Å². The van der Waals surface area contributed by atoms with Gasteiger partial charge in [-0.05, 0) is 12.1 Å². The summed E-state index contributed by atoms with van der Waals surface area (Å²) in [5.41, 5.74) is 1.52. The Morgan fingerprint density at radius 2 is 2.14 bits per heavy atom. The summed E-state index contributed by atoms with van der Waals surface area (Å²) in [5.74, 6) is -0.0505.